The number of anilines is 3. The number of aromatic nitrogens is 2. The number of amides is 2. The Labute approximate surface area is 183 Å². The number of aryl methyl sites for hydroxylation is 1. The van der Waals surface area contributed by atoms with E-state index in [2.05, 4.69) is 20.6 Å². The van der Waals surface area contributed by atoms with Crippen LogP contribution in [0.15, 0.2) is 23.0 Å². The number of carbonyl (C=O) groups is 2. The van der Waals surface area contributed by atoms with Crippen LogP contribution >= 0.6 is 0 Å². The fraction of sp³-hybridized carbons (Fsp3) is 0.429. The SMILES string of the molecule is Cc1ccc(NC(=O)C2CC(=O)Nc3nc(N4CCCCC4C)[nH]c(=O)c32)cc1[N+](=O)[O-]. The van der Waals surface area contributed by atoms with Crippen molar-refractivity contribution in [3.8, 4) is 0 Å². The summed E-state index contributed by atoms with van der Waals surface area (Å²) < 4.78 is 0. The predicted molar refractivity (Wildman–Crippen MR) is 118 cm³/mol. The normalized spacial score (nSPS) is 20.3. The predicted octanol–water partition coefficient (Wildman–Crippen LogP) is 2.43. The van der Waals surface area contributed by atoms with Gasteiger partial charge in [0.15, 0.2) is 0 Å². The molecule has 3 N–H and O–H groups in total. The minimum atomic E-state index is -1.07. The molecule has 4 rings (SSSR count). The molecule has 1 aromatic carbocycles. The van der Waals surface area contributed by atoms with Crippen LogP contribution < -0.4 is 21.1 Å². The molecule has 0 aliphatic carbocycles. The van der Waals surface area contributed by atoms with Gasteiger partial charge in [-0.3, -0.25) is 29.5 Å². The van der Waals surface area contributed by atoms with Gasteiger partial charge in [0.05, 0.1) is 16.4 Å². The monoisotopic (exact) mass is 440 g/mol. The molecule has 2 aliphatic heterocycles. The molecular weight excluding hydrogens is 416 g/mol. The molecule has 1 aromatic heterocycles. The molecule has 2 amide bonds. The maximum absolute atomic E-state index is 13.0. The highest BCUT2D eigenvalue weighted by atomic mass is 16.6. The van der Waals surface area contributed by atoms with Crippen LogP contribution in [0.2, 0.25) is 0 Å². The number of aromatic amines is 1. The molecule has 2 unspecified atom stereocenters. The third-order valence-electron chi connectivity index (χ3n) is 6.00. The van der Waals surface area contributed by atoms with Crippen LogP contribution in [0.3, 0.4) is 0 Å². The Hall–Kier alpha value is -3.76. The number of piperidine rings is 1. The molecular formula is C21H24N6O5. The third-order valence-corrected chi connectivity index (χ3v) is 6.00. The van der Waals surface area contributed by atoms with Crippen LogP contribution in [0, 0.1) is 17.0 Å². The zero-order chi connectivity index (χ0) is 23.0. The molecule has 0 saturated carbocycles. The zero-order valence-electron chi connectivity index (χ0n) is 17.8. The second-order valence-electron chi connectivity index (χ2n) is 8.24. The lowest BCUT2D eigenvalue weighted by Gasteiger charge is -2.34. The summed E-state index contributed by atoms with van der Waals surface area (Å²) in [6, 6.07) is 4.50. The number of hydrogen-bond donors (Lipinski definition) is 3. The molecule has 2 atom stereocenters. The smallest absolute Gasteiger partial charge is 0.274 e. The minimum Gasteiger partial charge on any atom is -0.340 e. The van der Waals surface area contributed by atoms with Crippen molar-refractivity contribution in [1.29, 1.82) is 0 Å². The number of hydrogen-bond acceptors (Lipinski definition) is 7. The van der Waals surface area contributed by atoms with Crippen molar-refractivity contribution in [3.63, 3.8) is 0 Å². The number of nitrogens with zero attached hydrogens (tertiary/aromatic N) is 3. The van der Waals surface area contributed by atoms with Gasteiger partial charge in [-0.05, 0) is 39.2 Å². The van der Waals surface area contributed by atoms with E-state index in [0.29, 0.717) is 11.5 Å². The molecule has 168 valence electrons. The van der Waals surface area contributed by atoms with Gasteiger partial charge >= 0.3 is 0 Å². The molecule has 0 radical (unpaired) electrons. The minimum absolute atomic E-state index is 0.0767. The molecule has 2 aromatic rings. The van der Waals surface area contributed by atoms with Gasteiger partial charge in [-0.2, -0.15) is 4.98 Å². The van der Waals surface area contributed by atoms with E-state index in [-0.39, 0.29) is 35.2 Å². The number of fused-ring (bicyclic) bond motifs is 1. The van der Waals surface area contributed by atoms with Crippen molar-refractivity contribution in [2.45, 2.75) is 51.5 Å². The molecule has 32 heavy (non-hydrogen) atoms. The van der Waals surface area contributed by atoms with Gasteiger partial charge in [0, 0.05) is 36.3 Å². The molecule has 1 fully saturated rings. The van der Waals surface area contributed by atoms with Crippen LogP contribution in [0.25, 0.3) is 0 Å². The Morgan fingerprint density at radius 3 is 2.81 bits per heavy atom. The topological polar surface area (TPSA) is 150 Å². The second kappa shape index (κ2) is 8.40. The van der Waals surface area contributed by atoms with Gasteiger partial charge in [0.2, 0.25) is 17.8 Å². The number of nitro groups is 1. The highest BCUT2D eigenvalue weighted by Gasteiger charge is 2.35. The summed E-state index contributed by atoms with van der Waals surface area (Å²) in [6.45, 7) is 4.39. The fourth-order valence-electron chi connectivity index (χ4n) is 4.25. The quantitative estimate of drug-likeness (QED) is 0.488. The Morgan fingerprint density at radius 1 is 1.31 bits per heavy atom. The lowest BCUT2D eigenvalue weighted by molar-refractivity contribution is -0.385. The van der Waals surface area contributed by atoms with Gasteiger partial charge < -0.3 is 15.5 Å². The summed E-state index contributed by atoms with van der Waals surface area (Å²) in [5, 5.41) is 16.4. The first kappa shape index (κ1) is 21.5. The average molecular weight is 440 g/mol. The number of benzene rings is 1. The maximum atomic E-state index is 13.0. The van der Waals surface area contributed by atoms with E-state index in [4.69, 9.17) is 0 Å². The molecule has 3 heterocycles. The number of nitrogens with one attached hydrogen (secondary N) is 3. The molecule has 11 heteroatoms. The third kappa shape index (κ3) is 4.05. The number of nitro benzene ring substituents is 1. The van der Waals surface area contributed by atoms with Crippen molar-refractivity contribution >= 4 is 35.0 Å². The lowest BCUT2D eigenvalue weighted by Crippen LogP contribution is -2.42. The van der Waals surface area contributed by atoms with Crippen molar-refractivity contribution in [3.05, 3.63) is 49.8 Å². The largest absolute Gasteiger partial charge is 0.340 e. The second-order valence-corrected chi connectivity index (χ2v) is 8.24. The Kier molecular flexibility index (Phi) is 5.64. The summed E-state index contributed by atoms with van der Waals surface area (Å²) in [6.07, 6.45) is 2.83. The fourth-order valence-corrected chi connectivity index (χ4v) is 4.25. The Morgan fingerprint density at radius 2 is 2.09 bits per heavy atom. The van der Waals surface area contributed by atoms with Crippen molar-refractivity contribution in [2.75, 3.05) is 22.1 Å². The molecule has 1 saturated heterocycles. The summed E-state index contributed by atoms with van der Waals surface area (Å²) in [5.74, 6) is -1.65. The van der Waals surface area contributed by atoms with E-state index in [9.17, 15) is 24.5 Å². The lowest BCUT2D eigenvalue weighted by atomic mass is 9.92. The summed E-state index contributed by atoms with van der Waals surface area (Å²) >= 11 is 0. The number of H-pyrrole nitrogens is 1. The van der Waals surface area contributed by atoms with Gasteiger partial charge in [0.1, 0.15) is 5.82 Å². The molecule has 0 bridgehead atoms. The Balaban J connectivity index is 1.65. The van der Waals surface area contributed by atoms with Crippen LogP contribution in [0.4, 0.5) is 23.1 Å². The van der Waals surface area contributed by atoms with Crippen LogP contribution in [0.1, 0.15) is 49.7 Å². The first-order valence-corrected chi connectivity index (χ1v) is 10.5. The average Bonchev–Trinajstić information content (AvgIpc) is 2.74. The van der Waals surface area contributed by atoms with E-state index >= 15 is 0 Å². The van der Waals surface area contributed by atoms with Crippen molar-refractivity contribution in [2.24, 2.45) is 0 Å². The first-order valence-electron chi connectivity index (χ1n) is 10.5. The van der Waals surface area contributed by atoms with E-state index in [1.807, 2.05) is 11.8 Å². The maximum Gasteiger partial charge on any atom is 0.274 e. The van der Waals surface area contributed by atoms with Gasteiger partial charge in [-0.15, -0.1) is 0 Å². The van der Waals surface area contributed by atoms with Crippen molar-refractivity contribution in [1.82, 2.24) is 9.97 Å². The van der Waals surface area contributed by atoms with E-state index in [0.717, 1.165) is 25.8 Å². The first-order chi connectivity index (χ1) is 15.2. The molecule has 2 aliphatic rings. The zero-order valence-corrected chi connectivity index (χ0v) is 17.8. The van der Waals surface area contributed by atoms with Gasteiger partial charge in [-0.1, -0.05) is 6.07 Å². The van der Waals surface area contributed by atoms with E-state index < -0.39 is 28.2 Å². The molecule has 0 spiro atoms. The number of rotatable bonds is 4. The standard InChI is InChI=1S/C21H24N6O5/c1-11-6-7-13(9-15(11)27(31)32)22-19(29)14-10-16(28)23-18-17(14)20(30)25-21(24-18)26-8-4-3-5-12(26)2/h6-7,9,12,14H,3-5,8,10H2,1-2H3,(H,22,29)(H2,23,24,25,28,30). The molecule has 11 nitrogen and oxygen atoms in total. The van der Waals surface area contributed by atoms with Crippen LogP contribution in [0.5, 0.6) is 0 Å². The van der Waals surface area contributed by atoms with E-state index in [1.54, 1.807) is 6.92 Å². The van der Waals surface area contributed by atoms with Crippen LogP contribution in [-0.4, -0.2) is 39.3 Å². The summed E-state index contributed by atoms with van der Waals surface area (Å²) in [4.78, 5) is 58.1. The summed E-state index contributed by atoms with van der Waals surface area (Å²) in [7, 11) is 0. The van der Waals surface area contributed by atoms with E-state index in [1.165, 1.54) is 18.2 Å². The number of carbonyl (C=O) groups excluding carboxylic acids is 2. The Bertz CT molecular complexity index is 1160. The van der Waals surface area contributed by atoms with Crippen LogP contribution in [-0.2, 0) is 9.59 Å². The van der Waals surface area contributed by atoms with Gasteiger partial charge in [-0.25, -0.2) is 0 Å². The van der Waals surface area contributed by atoms with Crippen molar-refractivity contribution < 1.29 is 14.5 Å². The van der Waals surface area contributed by atoms with Gasteiger partial charge in [0.25, 0.3) is 11.2 Å². The highest BCUT2D eigenvalue weighted by molar-refractivity contribution is 6.04. The summed E-state index contributed by atoms with van der Waals surface area (Å²) in [5.41, 5.74) is 0.123. The highest BCUT2D eigenvalue weighted by Crippen LogP contribution is 2.32.